The van der Waals surface area contributed by atoms with Crippen molar-refractivity contribution in [3.8, 4) is 0 Å². The molecule has 0 fully saturated rings. The van der Waals surface area contributed by atoms with E-state index in [1.165, 1.54) is 11.8 Å². The normalized spacial score (nSPS) is 11.3. The van der Waals surface area contributed by atoms with Crippen LogP contribution < -0.4 is 0 Å². The van der Waals surface area contributed by atoms with Crippen molar-refractivity contribution < 1.29 is 4.79 Å². The average Bonchev–Trinajstić information content (AvgIpc) is 2.70. The number of hydrogen-bond donors (Lipinski definition) is 1. The summed E-state index contributed by atoms with van der Waals surface area (Å²) >= 11 is 1.20. The van der Waals surface area contributed by atoms with Crippen LogP contribution in [0.25, 0.3) is 11.0 Å². The van der Waals surface area contributed by atoms with Crippen molar-refractivity contribution in [1.29, 1.82) is 0 Å². The van der Waals surface area contributed by atoms with Gasteiger partial charge in [-0.15, -0.1) is 0 Å². The summed E-state index contributed by atoms with van der Waals surface area (Å²) in [6, 6.07) is 7.79. The van der Waals surface area contributed by atoms with Crippen molar-refractivity contribution in [2.24, 2.45) is 0 Å². The van der Waals surface area contributed by atoms with Gasteiger partial charge in [0.15, 0.2) is 10.3 Å². The molecule has 0 atom stereocenters. The molecule has 0 radical (unpaired) electrons. The van der Waals surface area contributed by atoms with Crippen LogP contribution in [0.3, 0.4) is 0 Å². The van der Waals surface area contributed by atoms with Crippen LogP contribution in [0.4, 0.5) is 0 Å². The molecule has 1 heterocycles. The molecule has 1 aromatic heterocycles. The Bertz CT molecular complexity index is 503. The van der Waals surface area contributed by atoms with Gasteiger partial charge in [0.1, 0.15) is 0 Å². The van der Waals surface area contributed by atoms with Gasteiger partial charge in [0.25, 0.3) is 0 Å². The Hall–Kier alpha value is -1.33. The third kappa shape index (κ3) is 3.58. The standard InChI is InChI=1S/C13H17N3OS/c1-16(2)9-5-8-12(17)18-13-14-10-6-3-4-7-11(10)15-13/h3-4,6-7H,5,8-9H2,1-2H3,(H,14,15). The van der Waals surface area contributed by atoms with E-state index in [2.05, 4.69) is 14.9 Å². The monoisotopic (exact) mass is 263 g/mol. The lowest BCUT2D eigenvalue weighted by Crippen LogP contribution is -2.13. The Balaban J connectivity index is 1.90. The number of carbonyl (C=O) groups is 1. The van der Waals surface area contributed by atoms with Gasteiger partial charge in [-0.1, -0.05) is 12.1 Å². The quantitative estimate of drug-likeness (QED) is 0.842. The summed E-state index contributed by atoms with van der Waals surface area (Å²) in [5.74, 6) is 0. The zero-order valence-electron chi connectivity index (χ0n) is 10.6. The van der Waals surface area contributed by atoms with Crippen molar-refractivity contribution in [1.82, 2.24) is 14.9 Å². The fourth-order valence-corrected chi connectivity index (χ4v) is 2.44. The highest BCUT2D eigenvalue weighted by Crippen LogP contribution is 2.21. The van der Waals surface area contributed by atoms with E-state index in [1.54, 1.807) is 0 Å². The smallest absolute Gasteiger partial charge is 0.196 e. The third-order valence-corrected chi connectivity index (χ3v) is 3.38. The molecule has 0 saturated carbocycles. The minimum atomic E-state index is 0.163. The van der Waals surface area contributed by atoms with E-state index in [0.717, 1.165) is 24.0 Å². The number of benzene rings is 1. The second-order valence-corrected chi connectivity index (χ2v) is 5.49. The number of fused-ring (bicyclic) bond motifs is 1. The molecule has 0 unspecified atom stereocenters. The number of aromatic amines is 1. The van der Waals surface area contributed by atoms with Crippen LogP contribution in [-0.2, 0) is 4.79 Å². The fraction of sp³-hybridized carbons (Fsp3) is 0.385. The molecule has 18 heavy (non-hydrogen) atoms. The maximum absolute atomic E-state index is 11.8. The topological polar surface area (TPSA) is 49.0 Å². The summed E-state index contributed by atoms with van der Waals surface area (Å²) in [5, 5.41) is 0.849. The summed E-state index contributed by atoms with van der Waals surface area (Å²) in [5.41, 5.74) is 1.88. The number of thioether (sulfide) groups is 1. The van der Waals surface area contributed by atoms with E-state index in [1.807, 2.05) is 38.4 Å². The minimum Gasteiger partial charge on any atom is -0.333 e. The van der Waals surface area contributed by atoms with Crippen molar-refractivity contribution in [2.45, 2.75) is 18.0 Å². The largest absolute Gasteiger partial charge is 0.333 e. The number of para-hydroxylation sites is 2. The highest BCUT2D eigenvalue weighted by Gasteiger charge is 2.09. The third-order valence-electron chi connectivity index (χ3n) is 2.56. The number of carbonyl (C=O) groups excluding carboxylic acids is 1. The Labute approximate surface area is 111 Å². The molecule has 0 saturated heterocycles. The molecule has 0 amide bonds. The predicted molar refractivity (Wildman–Crippen MR) is 74.7 cm³/mol. The number of rotatable bonds is 5. The molecule has 0 aliphatic heterocycles. The van der Waals surface area contributed by atoms with Gasteiger partial charge in [0.05, 0.1) is 11.0 Å². The summed E-state index contributed by atoms with van der Waals surface area (Å²) in [7, 11) is 4.02. The van der Waals surface area contributed by atoms with Crippen molar-refractivity contribution in [3.63, 3.8) is 0 Å². The lowest BCUT2D eigenvalue weighted by molar-refractivity contribution is -0.111. The van der Waals surface area contributed by atoms with E-state index in [-0.39, 0.29) is 5.12 Å². The van der Waals surface area contributed by atoms with Gasteiger partial charge >= 0.3 is 0 Å². The van der Waals surface area contributed by atoms with Crippen LogP contribution in [0, 0.1) is 0 Å². The average molecular weight is 263 g/mol. The number of H-pyrrole nitrogens is 1. The molecular formula is C13H17N3OS. The molecule has 0 aliphatic carbocycles. The van der Waals surface area contributed by atoms with Gasteiger partial charge in [0, 0.05) is 6.42 Å². The maximum atomic E-state index is 11.8. The van der Waals surface area contributed by atoms with E-state index < -0.39 is 0 Å². The number of nitrogens with zero attached hydrogens (tertiary/aromatic N) is 2. The van der Waals surface area contributed by atoms with Gasteiger partial charge in [-0.3, -0.25) is 4.79 Å². The molecule has 96 valence electrons. The van der Waals surface area contributed by atoms with Crippen LogP contribution in [-0.4, -0.2) is 40.6 Å². The van der Waals surface area contributed by atoms with E-state index in [9.17, 15) is 4.79 Å². The second kappa shape index (κ2) is 6.02. The first-order valence-electron chi connectivity index (χ1n) is 5.95. The van der Waals surface area contributed by atoms with E-state index >= 15 is 0 Å². The molecule has 0 aliphatic rings. The molecule has 2 aromatic rings. The highest BCUT2D eigenvalue weighted by atomic mass is 32.2. The van der Waals surface area contributed by atoms with E-state index in [0.29, 0.717) is 11.6 Å². The Morgan fingerprint density at radius 1 is 1.39 bits per heavy atom. The van der Waals surface area contributed by atoms with Crippen molar-refractivity contribution in [3.05, 3.63) is 24.3 Å². The Morgan fingerprint density at radius 3 is 2.89 bits per heavy atom. The first kappa shape index (κ1) is 13.1. The molecular weight excluding hydrogens is 246 g/mol. The van der Waals surface area contributed by atoms with Gasteiger partial charge < -0.3 is 9.88 Å². The number of hydrogen-bond acceptors (Lipinski definition) is 4. The minimum absolute atomic E-state index is 0.163. The van der Waals surface area contributed by atoms with Crippen molar-refractivity contribution >= 4 is 27.9 Å². The van der Waals surface area contributed by atoms with Gasteiger partial charge in [-0.25, -0.2) is 4.98 Å². The van der Waals surface area contributed by atoms with Crippen LogP contribution in [0.2, 0.25) is 0 Å². The lowest BCUT2D eigenvalue weighted by Gasteiger charge is -2.07. The zero-order chi connectivity index (χ0) is 13.0. The summed E-state index contributed by atoms with van der Waals surface area (Å²) in [6.07, 6.45) is 1.47. The summed E-state index contributed by atoms with van der Waals surface area (Å²) in [6.45, 7) is 0.937. The molecule has 0 spiro atoms. The molecule has 0 bridgehead atoms. The van der Waals surface area contributed by atoms with Crippen LogP contribution in [0.1, 0.15) is 12.8 Å². The van der Waals surface area contributed by atoms with E-state index in [4.69, 9.17) is 0 Å². The van der Waals surface area contributed by atoms with Crippen LogP contribution >= 0.6 is 11.8 Å². The molecule has 4 nitrogen and oxygen atoms in total. The van der Waals surface area contributed by atoms with Crippen LogP contribution in [0.15, 0.2) is 29.4 Å². The molecule has 1 N–H and O–H groups in total. The Kier molecular flexibility index (Phi) is 4.38. The number of nitrogens with one attached hydrogen (secondary N) is 1. The summed E-state index contributed by atoms with van der Waals surface area (Å²) < 4.78 is 0. The lowest BCUT2D eigenvalue weighted by atomic mass is 10.3. The van der Waals surface area contributed by atoms with Crippen molar-refractivity contribution in [2.75, 3.05) is 20.6 Å². The number of imidazole rings is 1. The SMILES string of the molecule is CN(C)CCCC(=O)Sc1nc2ccccc2[nH]1. The first-order chi connectivity index (χ1) is 8.65. The predicted octanol–water partition coefficient (Wildman–Crippen LogP) is 2.52. The molecule has 1 aromatic carbocycles. The van der Waals surface area contributed by atoms with Gasteiger partial charge in [-0.2, -0.15) is 0 Å². The van der Waals surface area contributed by atoms with Crippen LogP contribution in [0.5, 0.6) is 0 Å². The Morgan fingerprint density at radius 2 is 2.17 bits per heavy atom. The maximum Gasteiger partial charge on any atom is 0.196 e. The van der Waals surface area contributed by atoms with Gasteiger partial charge in [0.2, 0.25) is 0 Å². The van der Waals surface area contributed by atoms with Gasteiger partial charge in [-0.05, 0) is 51.0 Å². The number of aromatic nitrogens is 2. The second-order valence-electron chi connectivity index (χ2n) is 4.44. The molecule has 2 rings (SSSR count). The fourth-order valence-electron chi connectivity index (χ4n) is 1.68. The zero-order valence-corrected chi connectivity index (χ0v) is 11.5. The summed E-state index contributed by atoms with van der Waals surface area (Å²) in [4.78, 5) is 21.4. The first-order valence-corrected chi connectivity index (χ1v) is 6.77. The highest BCUT2D eigenvalue weighted by molar-refractivity contribution is 8.13. The molecule has 5 heteroatoms.